The van der Waals surface area contributed by atoms with E-state index in [9.17, 15) is 14.0 Å². The number of hydrogen-bond acceptors (Lipinski definition) is 6. The number of imidazole rings is 1. The van der Waals surface area contributed by atoms with Gasteiger partial charge in [0, 0.05) is 49.2 Å². The van der Waals surface area contributed by atoms with E-state index >= 15 is 0 Å². The third-order valence-corrected chi connectivity index (χ3v) is 7.07. The molecule has 0 saturated carbocycles. The van der Waals surface area contributed by atoms with E-state index in [0.29, 0.717) is 49.0 Å². The minimum absolute atomic E-state index is 0.0416. The number of piperidine rings is 1. The van der Waals surface area contributed by atoms with E-state index in [1.165, 1.54) is 19.2 Å². The van der Waals surface area contributed by atoms with E-state index in [1.807, 2.05) is 12.1 Å². The lowest BCUT2D eigenvalue weighted by molar-refractivity contribution is 0.0989. The van der Waals surface area contributed by atoms with Crippen molar-refractivity contribution >= 4 is 28.6 Å². The maximum absolute atomic E-state index is 13.6. The lowest BCUT2D eigenvalue weighted by atomic mass is 10.0. The summed E-state index contributed by atoms with van der Waals surface area (Å²) in [7, 11) is 1.53. The number of aromatic amines is 1. The standard InChI is InChI=1S/C26H25FN6O3/c1-36-23-15-17(25(34)32-12-6-16-13-18(27)4-5-20(16)32)14-22(29-23)31-10-7-19(8-11-31)33-21-3-2-9-28-24(21)30-26(33)35/h2-5,9,13-15,19H,6-8,10-12H2,1H3,(H,28,30,35). The number of nitrogens with zero attached hydrogens (tertiary/aromatic N) is 5. The first-order valence-corrected chi connectivity index (χ1v) is 12.0. The second-order valence-electron chi connectivity index (χ2n) is 9.13. The third kappa shape index (κ3) is 3.78. The molecule has 36 heavy (non-hydrogen) atoms. The molecule has 2 aliphatic heterocycles. The van der Waals surface area contributed by atoms with E-state index in [2.05, 4.69) is 19.9 Å². The largest absolute Gasteiger partial charge is 0.481 e. The van der Waals surface area contributed by atoms with Gasteiger partial charge >= 0.3 is 5.69 Å². The summed E-state index contributed by atoms with van der Waals surface area (Å²) in [6.07, 6.45) is 3.77. The monoisotopic (exact) mass is 488 g/mol. The molecule has 0 bridgehead atoms. The Bertz CT molecular complexity index is 1520. The molecular weight excluding hydrogens is 463 g/mol. The van der Waals surface area contributed by atoms with Crippen LogP contribution >= 0.6 is 0 Å². The van der Waals surface area contributed by atoms with Gasteiger partial charge in [0.05, 0.1) is 12.6 Å². The van der Waals surface area contributed by atoms with Crippen molar-refractivity contribution in [2.24, 2.45) is 0 Å². The maximum Gasteiger partial charge on any atom is 0.327 e. The molecule has 1 fully saturated rings. The molecule has 2 aliphatic rings. The van der Waals surface area contributed by atoms with Gasteiger partial charge in [-0.25, -0.2) is 14.2 Å². The zero-order chi connectivity index (χ0) is 24.8. The molecule has 1 amide bonds. The summed E-state index contributed by atoms with van der Waals surface area (Å²) in [6.45, 7) is 1.84. The number of hydrogen-bond donors (Lipinski definition) is 1. The van der Waals surface area contributed by atoms with Crippen molar-refractivity contribution in [1.82, 2.24) is 19.5 Å². The van der Waals surface area contributed by atoms with Gasteiger partial charge in [0.2, 0.25) is 5.88 Å². The summed E-state index contributed by atoms with van der Waals surface area (Å²) in [5, 5.41) is 0. The van der Waals surface area contributed by atoms with Crippen molar-refractivity contribution < 1.29 is 13.9 Å². The van der Waals surface area contributed by atoms with Crippen LogP contribution in [0.15, 0.2) is 53.5 Å². The molecule has 0 spiro atoms. The first kappa shape index (κ1) is 22.3. The average molecular weight is 489 g/mol. The molecule has 4 aromatic rings. The molecule has 184 valence electrons. The first-order chi connectivity index (χ1) is 17.5. The SMILES string of the molecule is COc1cc(C(=O)N2CCc3cc(F)ccc32)cc(N2CCC(n3c(=O)[nH]c4ncccc43)CC2)n1. The van der Waals surface area contributed by atoms with E-state index in [4.69, 9.17) is 4.74 Å². The summed E-state index contributed by atoms with van der Waals surface area (Å²) in [5.41, 5.74) is 3.27. The fourth-order valence-electron chi connectivity index (χ4n) is 5.29. The topological polar surface area (TPSA) is 96.3 Å². The number of H-pyrrole nitrogens is 1. The molecule has 9 nitrogen and oxygen atoms in total. The number of benzene rings is 1. The number of pyridine rings is 2. The Labute approximate surface area is 206 Å². The van der Waals surface area contributed by atoms with Crippen LogP contribution in [0, 0.1) is 5.82 Å². The fourth-order valence-corrected chi connectivity index (χ4v) is 5.29. The number of halogens is 1. The van der Waals surface area contributed by atoms with Crippen molar-refractivity contribution in [1.29, 1.82) is 0 Å². The van der Waals surface area contributed by atoms with E-state index in [-0.39, 0.29) is 23.5 Å². The van der Waals surface area contributed by atoms with Crippen molar-refractivity contribution in [3.63, 3.8) is 0 Å². The van der Waals surface area contributed by atoms with Crippen LogP contribution in [-0.2, 0) is 6.42 Å². The molecule has 1 N–H and O–H groups in total. The summed E-state index contributed by atoms with van der Waals surface area (Å²) in [4.78, 5) is 41.5. The van der Waals surface area contributed by atoms with E-state index < -0.39 is 0 Å². The van der Waals surface area contributed by atoms with Crippen LogP contribution in [0.4, 0.5) is 15.9 Å². The maximum atomic E-state index is 13.6. The van der Waals surface area contributed by atoms with Gasteiger partial charge in [-0.15, -0.1) is 0 Å². The molecule has 5 heterocycles. The number of rotatable bonds is 4. The Hall–Kier alpha value is -4.21. The highest BCUT2D eigenvalue weighted by Crippen LogP contribution is 2.32. The smallest absolute Gasteiger partial charge is 0.327 e. The number of ether oxygens (including phenoxy) is 1. The highest BCUT2D eigenvalue weighted by Gasteiger charge is 2.29. The average Bonchev–Trinajstić information content (AvgIpc) is 3.47. The molecule has 0 atom stereocenters. The number of amides is 1. The Morgan fingerprint density at radius 3 is 2.78 bits per heavy atom. The third-order valence-electron chi connectivity index (χ3n) is 7.07. The lowest BCUT2D eigenvalue weighted by Gasteiger charge is -2.33. The van der Waals surface area contributed by atoms with Crippen LogP contribution in [0.3, 0.4) is 0 Å². The van der Waals surface area contributed by atoms with Crippen molar-refractivity contribution in [2.75, 3.05) is 36.5 Å². The number of fused-ring (bicyclic) bond motifs is 2. The molecule has 1 saturated heterocycles. The first-order valence-electron chi connectivity index (χ1n) is 12.0. The summed E-state index contributed by atoms with van der Waals surface area (Å²) < 4.78 is 20.8. The van der Waals surface area contributed by atoms with E-state index in [0.717, 1.165) is 29.6 Å². The fraction of sp³-hybridized carbons (Fsp3) is 0.308. The molecule has 6 rings (SSSR count). The van der Waals surface area contributed by atoms with Gasteiger partial charge in [-0.1, -0.05) is 0 Å². The zero-order valence-electron chi connectivity index (χ0n) is 19.8. The second-order valence-corrected chi connectivity index (χ2v) is 9.13. The normalized spacial score (nSPS) is 15.9. The number of nitrogens with one attached hydrogen (secondary N) is 1. The zero-order valence-corrected chi connectivity index (χ0v) is 19.8. The second kappa shape index (κ2) is 8.78. The van der Waals surface area contributed by atoms with Gasteiger partial charge in [0.1, 0.15) is 11.6 Å². The Kier molecular flexibility index (Phi) is 5.43. The number of carbonyl (C=O) groups excluding carboxylic acids is 1. The molecule has 0 radical (unpaired) electrons. The van der Waals surface area contributed by atoms with Crippen molar-refractivity contribution in [2.45, 2.75) is 25.3 Å². The molecule has 0 aliphatic carbocycles. The molecule has 10 heteroatoms. The quantitative estimate of drug-likeness (QED) is 0.474. The van der Waals surface area contributed by atoms with Crippen LogP contribution in [0.1, 0.15) is 34.8 Å². The Morgan fingerprint density at radius 2 is 1.97 bits per heavy atom. The highest BCUT2D eigenvalue weighted by molar-refractivity contribution is 6.07. The van der Waals surface area contributed by atoms with Gasteiger partial charge in [-0.05, 0) is 61.2 Å². The number of methoxy groups -OCH3 is 1. The van der Waals surface area contributed by atoms with Gasteiger partial charge in [0.25, 0.3) is 5.91 Å². The molecular formula is C26H25FN6O3. The van der Waals surface area contributed by atoms with Gasteiger partial charge in [0.15, 0.2) is 5.65 Å². The van der Waals surface area contributed by atoms with Crippen LogP contribution in [-0.4, -0.2) is 52.2 Å². The summed E-state index contributed by atoms with van der Waals surface area (Å²) in [5.74, 6) is 0.540. The number of aromatic nitrogens is 4. The van der Waals surface area contributed by atoms with Crippen LogP contribution in [0.2, 0.25) is 0 Å². The lowest BCUT2D eigenvalue weighted by Crippen LogP contribution is -2.37. The number of anilines is 2. The molecule has 3 aromatic heterocycles. The van der Waals surface area contributed by atoms with Crippen molar-refractivity contribution in [3.8, 4) is 5.88 Å². The molecule has 1 aromatic carbocycles. The highest BCUT2D eigenvalue weighted by atomic mass is 19.1. The summed E-state index contributed by atoms with van der Waals surface area (Å²) >= 11 is 0. The summed E-state index contributed by atoms with van der Waals surface area (Å²) in [6, 6.07) is 11.7. The minimum Gasteiger partial charge on any atom is -0.481 e. The Morgan fingerprint density at radius 1 is 1.14 bits per heavy atom. The van der Waals surface area contributed by atoms with Crippen LogP contribution < -0.4 is 20.2 Å². The van der Waals surface area contributed by atoms with Gasteiger partial charge < -0.3 is 14.5 Å². The minimum atomic E-state index is -0.300. The van der Waals surface area contributed by atoms with Gasteiger partial charge in [-0.3, -0.25) is 14.3 Å². The number of carbonyl (C=O) groups is 1. The van der Waals surface area contributed by atoms with Crippen LogP contribution in [0.25, 0.3) is 11.2 Å². The molecule has 0 unspecified atom stereocenters. The predicted octanol–water partition coefficient (Wildman–Crippen LogP) is 3.31. The Balaban J connectivity index is 1.24. The van der Waals surface area contributed by atoms with Crippen molar-refractivity contribution in [3.05, 3.63) is 76.1 Å². The van der Waals surface area contributed by atoms with E-state index in [1.54, 1.807) is 33.9 Å². The van der Waals surface area contributed by atoms with Crippen LogP contribution in [0.5, 0.6) is 5.88 Å². The van der Waals surface area contributed by atoms with Gasteiger partial charge in [-0.2, -0.15) is 4.98 Å². The predicted molar refractivity (Wildman–Crippen MR) is 133 cm³/mol.